The molecule has 6 heteroatoms. The Morgan fingerprint density at radius 3 is 2.59 bits per heavy atom. The lowest BCUT2D eigenvalue weighted by atomic mass is 9.58. The number of rotatable bonds is 6. The van der Waals surface area contributed by atoms with Gasteiger partial charge in [0.2, 0.25) is 12.3 Å². The zero-order chi connectivity index (χ0) is 26.4. The number of amides is 2. The van der Waals surface area contributed by atoms with Gasteiger partial charge in [-0.1, -0.05) is 50.2 Å². The lowest BCUT2D eigenvalue weighted by Crippen LogP contribution is -2.66. The summed E-state index contributed by atoms with van der Waals surface area (Å²) in [6, 6.07) is 16.2. The van der Waals surface area contributed by atoms with Gasteiger partial charge in [0.15, 0.2) is 0 Å². The predicted molar refractivity (Wildman–Crippen MR) is 145 cm³/mol. The molecule has 3 N–H and O–H groups in total. The van der Waals surface area contributed by atoms with E-state index in [-0.39, 0.29) is 16.7 Å². The molecule has 4 aliphatic rings. The standard InChI is InChI=1S/C29H31N3O3.C2H6/c1-18(27(35)30-14-19-6-4-3-5-7-19)10-20-11-24-26-29(16-32(26)2)15-28(24,13-25(20)31-17-33)23-12-21(34)8-9-22(23)29;1-2/h3-10,12,17,24,26,34H,11,13-16H2,1-2H3,(H,30,35)(H,31,33);1-2H3/b18-10+;. The van der Waals surface area contributed by atoms with E-state index in [1.807, 2.05) is 69.3 Å². The zero-order valence-corrected chi connectivity index (χ0v) is 22.2. The third kappa shape index (κ3) is 3.81. The molecule has 4 unspecified atom stereocenters. The molecule has 0 radical (unpaired) electrons. The van der Waals surface area contributed by atoms with E-state index in [0.717, 1.165) is 42.6 Å². The maximum absolute atomic E-state index is 12.9. The molecule has 2 amide bonds. The Labute approximate surface area is 219 Å². The van der Waals surface area contributed by atoms with Crippen LogP contribution in [0.4, 0.5) is 0 Å². The minimum atomic E-state index is -0.104. The van der Waals surface area contributed by atoms with Gasteiger partial charge < -0.3 is 20.6 Å². The third-order valence-electron chi connectivity index (χ3n) is 8.97. The molecule has 4 atom stereocenters. The molecule has 2 fully saturated rings. The largest absolute Gasteiger partial charge is 0.508 e. The number of carbonyl (C=O) groups excluding carboxylic acids is 2. The van der Waals surface area contributed by atoms with Crippen LogP contribution in [0.15, 0.2) is 71.5 Å². The van der Waals surface area contributed by atoms with Gasteiger partial charge in [-0.3, -0.25) is 9.59 Å². The van der Waals surface area contributed by atoms with Crippen molar-refractivity contribution >= 4 is 12.3 Å². The number of aromatic hydroxyl groups is 1. The summed E-state index contributed by atoms with van der Waals surface area (Å²) in [6.45, 7) is 7.34. The summed E-state index contributed by atoms with van der Waals surface area (Å²) < 4.78 is 0. The second kappa shape index (κ2) is 9.49. The Kier molecular flexibility index (Phi) is 6.48. The van der Waals surface area contributed by atoms with Crippen molar-refractivity contribution in [2.75, 3.05) is 13.6 Å². The van der Waals surface area contributed by atoms with Crippen LogP contribution in [0.2, 0.25) is 0 Å². The highest BCUT2D eigenvalue weighted by Crippen LogP contribution is 2.72. The van der Waals surface area contributed by atoms with E-state index in [1.165, 1.54) is 11.1 Å². The SMILES string of the molecule is C/C(=C\C1=C(NC=O)CC23CC4(CN(C)C4C2C1)c1ccc(O)cc13)C(=O)NCc1ccccc1.CC. The van der Waals surface area contributed by atoms with Gasteiger partial charge in [0, 0.05) is 41.2 Å². The van der Waals surface area contributed by atoms with Crippen LogP contribution in [0.3, 0.4) is 0 Å². The molecule has 1 heterocycles. The Bertz CT molecular complexity index is 1280. The van der Waals surface area contributed by atoms with Crippen LogP contribution in [0.1, 0.15) is 56.7 Å². The third-order valence-corrected chi connectivity index (χ3v) is 8.97. The van der Waals surface area contributed by atoms with Gasteiger partial charge in [0.05, 0.1) is 0 Å². The number of nitrogens with one attached hydrogen (secondary N) is 2. The molecule has 37 heavy (non-hydrogen) atoms. The topological polar surface area (TPSA) is 81.7 Å². The molecule has 2 aromatic carbocycles. The fraction of sp³-hybridized carbons (Fsp3) is 0.419. The van der Waals surface area contributed by atoms with E-state index in [4.69, 9.17) is 0 Å². The summed E-state index contributed by atoms with van der Waals surface area (Å²) in [7, 11) is 2.20. The van der Waals surface area contributed by atoms with E-state index in [0.29, 0.717) is 36.2 Å². The van der Waals surface area contributed by atoms with E-state index in [2.05, 4.69) is 28.6 Å². The summed E-state index contributed by atoms with van der Waals surface area (Å²) in [5.41, 5.74) is 6.25. The Morgan fingerprint density at radius 1 is 1.14 bits per heavy atom. The minimum Gasteiger partial charge on any atom is -0.508 e. The maximum atomic E-state index is 12.9. The molecule has 2 bridgehead atoms. The first-order valence-corrected chi connectivity index (χ1v) is 13.3. The summed E-state index contributed by atoms with van der Waals surface area (Å²) in [5.74, 6) is 0.572. The van der Waals surface area contributed by atoms with Gasteiger partial charge in [0.1, 0.15) is 5.75 Å². The second-order valence-corrected chi connectivity index (χ2v) is 10.8. The molecule has 6 nitrogen and oxygen atoms in total. The average Bonchev–Trinajstić information content (AvgIpc) is 3.30. The monoisotopic (exact) mass is 499 g/mol. The number of carbonyl (C=O) groups is 2. The van der Waals surface area contributed by atoms with Gasteiger partial charge in [-0.25, -0.2) is 0 Å². The normalized spacial score (nSPS) is 29.2. The van der Waals surface area contributed by atoms with Gasteiger partial charge >= 0.3 is 0 Å². The lowest BCUT2D eigenvalue weighted by molar-refractivity contribution is -0.117. The number of fused-ring (bicyclic) bond motifs is 2. The molecule has 1 aliphatic heterocycles. The quantitative estimate of drug-likeness (QED) is 0.409. The Hall–Kier alpha value is -3.38. The summed E-state index contributed by atoms with van der Waals surface area (Å²) >= 11 is 0. The predicted octanol–water partition coefficient (Wildman–Crippen LogP) is 4.30. The first-order chi connectivity index (χ1) is 17.9. The molecule has 2 aromatic rings. The van der Waals surface area contributed by atoms with Gasteiger partial charge in [-0.15, -0.1) is 0 Å². The van der Waals surface area contributed by atoms with Crippen LogP contribution in [0.25, 0.3) is 0 Å². The van der Waals surface area contributed by atoms with Gasteiger partial charge in [-0.2, -0.15) is 0 Å². The van der Waals surface area contributed by atoms with Crippen molar-refractivity contribution < 1.29 is 14.7 Å². The van der Waals surface area contributed by atoms with Crippen molar-refractivity contribution in [2.45, 2.75) is 63.5 Å². The van der Waals surface area contributed by atoms with Crippen LogP contribution < -0.4 is 10.6 Å². The highest BCUT2D eigenvalue weighted by atomic mass is 16.3. The summed E-state index contributed by atoms with van der Waals surface area (Å²) in [5, 5.41) is 16.3. The average molecular weight is 500 g/mol. The number of likely N-dealkylation sites (tertiary alicyclic amines) is 1. The number of hydrogen-bond donors (Lipinski definition) is 3. The van der Waals surface area contributed by atoms with E-state index >= 15 is 0 Å². The Morgan fingerprint density at radius 2 is 1.89 bits per heavy atom. The maximum Gasteiger partial charge on any atom is 0.247 e. The number of hydrogen-bond acceptors (Lipinski definition) is 4. The van der Waals surface area contributed by atoms with Gasteiger partial charge in [-0.05, 0) is 79.6 Å². The minimum absolute atomic E-state index is 0.102. The van der Waals surface area contributed by atoms with Crippen LogP contribution in [0.5, 0.6) is 5.75 Å². The fourth-order valence-corrected chi connectivity index (χ4v) is 7.80. The molecule has 3 aliphatic carbocycles. The number of phenolic OH excluding ortho intramolecular Hbond substituents is 1. The lowest BCUT2D eigenvalue weighted by Gasteiger charge is -2.58. The number of phenols is 1. The van der Waals surface area contributed by atoms with Crippen LogP contribution in [-0.2, 0) is 27.0 Å². The Balaban J connectivity index is 0.00000137. The van der Waals surface area contributed by atoms with E-state index < -0.39 is 0 Å². The molecule has 6 rings (SSSR count). The highest BCUT2D eigenvalue weighted by molar-refractivity contribution is 5.93. The molecular formula is C31H37N3O3. The van der Waals surface area contributed by atoms with Crippen molar-refractivity contribution in [3.8, 4) is 5.75 Å². The van der Waals surface area contributed by atoms with Crippen molar-refractivity contribution in [1.82, 2.24) is 15.5 Å². The first kappa shape index (κ1) is 25.3. The molecular weight excluding hydrogens is 462 g/mol. The first-order valence-electron chi connectivity index (χ1n) is 13.3. The second-order valence-electron chi connectivity index (χ2n) is 10.8. The smallest absolute Gasteiger partial charge is 0.247 e. The van der Waals surface area contributed by atoms with Gasteiger partial charge in [0.25, 0.3) is 0 Å². The molecule has 0 aromatic heterocycles. The molecule has 2 spiro atoms. The number of benzene rings is 2. The molecule has 194 valence electrons. The fourth-order valence-electron chi connectivity index (χ4n) is 7.80. The zero-order valence-electron chi connectivity index (χ0n) is 22.2. The summed E-state index contributed by atoms with van der Waals surface area (Å²) in [4.78, 5) is 26.9. The highest BCUT2D eigenvalue weighted by Gasteiger charge is 2.74. The van der Waals surface area contributed by atoms with E-state index in [1.54, 1.807) is 0 Å². The van der Waals surface area contributed by atoms with E-state index in [9.17, 15) is 14.7 Å². The van der Waals surface area contributed by atoms with Crippen molar-refractivity contribution in [1.29, 1.82) is 0 Å². The van der Waals surface area contributed by atoms with Crippen molar-refractivity contribution in [3.05, 3.63) is 88.1 Å². The summed E-state index contributed by atoms with van der Waals surface area (Å²) in [6.07, 6.45) is 5.26. The van der Waals surface area contributed by atoms with Crippen molar-refractivity contribution in [3.63, 3.8) is 0 Å². The van der Waals surface area contributed by atoms with Crippen LogP contribution in [-0.4, -0.2) is 42.0 Å². The number of allylic oxidation sites excluding steroid dienone is 3. The van der Waals surface area contributed by atoms with Crippen LogP contribution >= 0.6 is 0 Å². The van der Waals surface area contributed by atoms with Crippen LogP contribution in [0, 0.1) is 5.92 Å². The molecule has 1 saturated carbocycles. The van der Waals surface area contributed by atoms with Crippen molar-refractivity contribution in [2.24, 2.45) is 5.92 Å². The number of likely N-dealkylation sites (N-methyl/N-ethyl adjacent to an activating group) is 1. The molecule has 1 saturated heterocycles. The number of nitrogens with zero attached hydrogens (tertiary/aromatic N) is 1.